The fourth-order valence-electron chi connectivity index (χ4n) is 8.88. The summed E-state index contributed by atoms with van der Waals surface area (Å²) in [7, 11) is -3.50. The van der Waals surface area contributed by atoms with Crippen molar-refractivity contribution < 1.29 is 47.2 Å². The van der Waals surface area contributed by atoms with Crippen molar-refractivity contribution >= 4 is 13.4 Å². The molecule has 9 nitrogen and oxygen atoms in total. The van der Waals surface area contributed by atoms with E-state index in [2.05, 4.69) is 0 Å². The molecule has 4 fully saturated rings. The predicted molar refractivity (Wildman–Crippen MR) is 144 cm³/mol. The van der Waals surface area contributed by atoms with Gasteiger partial charge < -0.3 is 33.5 Å². The first kappa shape index (κ1) is 30.5. The van der Waals surface area contributed by atoms with Gasteiger partial charge in [0.15, 0.2) is 17.2 Å². The monoisotopic (exact) mass is 586 g/mol. The van der Waals surface area contributed by atoms with E-state index in [9.17, 15) is 19.6 Å². The largest absolute Gasteiger partial charge is 0.390 e. The second-order valence-corrected chi connectivity index (χ2v) is 14.9. The Bertz CT molecular complexity index is 1130. The molecule has 9 atom stereocenters. The average Bonchev–Trinajstić information content (AvgIpc) is 3.27. The molecule has 1 saturated heterocycles. The van der Waals surface area contributed by atoms with Gasteiger partial charge in [0.25, 0.3) is 0 Å². The third-order valence-electron chi connectivity index (χ3n) is 10.4. The third-order valence-corrected chi connectivity index (χ3v) is 12.2. The summed E-state index contributed by atoms with van der Waals surface area (Å²) < 4.78 is 59.8. The van der Waals surface area contributed by atoms with Gasteiger partial charge in [-0.2, -0.15) is 0 Å². The second-order valence-electron chi connectivity index (χ2n) is 12.9. The number of alkyl halides is 1. The van der Waals surface area contributed by atoms with Crippen molar-refractivity contribution in [1.29, 1.82) is 0 Å². The molecule has 0 radical (unpaired) electrons. The molecule has 0 spiro atoms. The number of hydrogen-bond acceptors (Lipinski definition) is 9. The minimum atomic E-state index is -3.50. The van der Waals surface area contributed by atoms with E-state index < -0.39 is 59.7 Å². The molecule has 1 aliphatic heterocycles. The number of halogens is 1. The number of hydrogen-bond donors (Lipinski definition) is 2. The van der Waals surface area contributed by atoms with Crippen LogP contribution in [0.1, 0.15) is 67.2 Å². The minimum Gasteiger partial charge on any atom is -0.390 e. The van der Waals surface area contributed by atoms with Crippen LogP contribution < -0.4 is 0 Å². The number of ketones is 1. The van der Waals surface area contributed by atoms with E-state index in [1.807, 2.05) is 6.92 Å². The number of aliphatic hydroxyl groups is 2. The quantitative estimate of drug-likeness (QED) is 0.377. The summed E-state index contributed by atoms with van der Waals surface area (Å²) in [5.74, 6) is -2.02. The number of carbonyl (C=O) groups is 1. The lowest BCUT2D eigenvalue weighted by atomic mass is 9.44. The summed E-state index contributed by atoms with van der Waals surface area (Å²) in [4.78, 5) is 12.1. The van der Waals surface area contributed by atoms with Crippen LogP contribution in [0, 0.1) is 22.7 Å². The molecule has 5 rings (SSSR count). The van der Waals surface area contributed by atoms with Crippen LogP contribution in [0.5, 0.6) is 0 Å². The lowest BCUT2D eigenvalue weighted by molar-refractivity contribution is -0.271. The number of aliphatic hydroxyl groups excluding tert-OH is 2. The van der Waals surface area contributed by atoms with Crippen molar-refractivity contribution in [3.05, 3.63) is 23.8 Å². The summed E-state index contributed by atoms with van der Waals surface area (Å²) in [6, 6.07) is 0. The van der Waals surface area contributed by atoms with E-state index in [-0.39, 0.29) is 44.3 Å². The molecule has 0 aromatic heterocycles. The number of carbonyl (C=O) groups excluding carboxylic acids is 1. The topological polar surface area (TPSA) is 121 Å². The lowest BCUT2D eigenvalue weighted by Crippen LogP contribution is -2.70. The van der Waals surface area contributed by atoms with Gasteiger partial charge in [-0.25, -0.2) is 4.39 Å². The first-order chi connectivity index (χ1) is 18.6. The van der Waals surface area contributed by atoms with Crippen LogP contribution in [0.2, 0.25) is 0 Å². The van der Waals surface area contributed by atoms with Gasteiger partial charge in [0.1, 0.15) is 18.1 Å². The maximum Gasteiger partial charge on any atom is 0.356 e. The van der Waals surface area contributed by atoms with E-state index in [4.69, 9.17) is 23.3 Å². The van der Waals surface area contributed by atoms with Crippen LogP contribution in [0.25, 0.3) is 0 Å². The molecule has 3 saturated carbocycles. The molecule has 0 amide bonds. The first-order valence-corrected chi connectivity index (χ1v) is 16.2. The molecule has 11 heteroatoms. The Kier molecular flexibility index (Phi) is 7.66. The van der Waals surface area contributed by atoms with Gasteiger partial charge in [-0.05, 0) is 78.4 Å². The summed E-state index contributed by atoms with van der Waals surface area (Å²) in [6.07, 6.45) is 2.49. The average molecular weight is 587 g/mol. The van der Waals surface area contributed by atoms with Gasteiger partial charge in [-0.3, -0.25) is 9.36 Å². The van der Waals surface area contributed by atoms with Crippen molar-refractivity contribution in [3.63, 3.8) is 0 Å². The van der Waals surface area contributed by atoms with Crippen molar-refractivity contribution in [1.82, 2.24) is 0 Å². The molecular weight excluding hydrogens is 542 g/mol. The molecule has 1 unspecified atom stereocenters. The summed E-state index contributed by atoms with van der Waals surface area (Å²) in [5, 5.41) is 23.5. The van der Waals surface area contributed by atoms with E-state index >= 15 is 4.39 Å². The van der Waals surface area contributed by atoms with Gasteiger partial charge in [0.05, 0.1) is 32.0 Å². The van der Waals surface area contributed by atoms with E-state index in [1.165, 1.54) is 12.2 Å². The zero-order valence-corrected chi connectivity index (χ0v) is 25.2. The van der Waals surface area contributed by atoms with Crippen molar-refractivity contribution in [2.75, 3.05) is 26.2 Å². The first-order valence-electron chi connectivity index (χ1n) is 14.5. The molecule has 5 aliphatic rings. The Labute approximate surface area is 235 Å². The zero-order valence-electron chi connectivity index (χ0n) is 24.4. The van der Waals surface area contributed by atoms with Gasteiger partial charge in [-0.15, -0.1) is 0 Å². The van der Waals surface area contributed by atoms with Crippen LogP contribution in [0.3, 0.4) is 0 Å². The van der Waals surface area contributed by atoms with Crippen LogP contribution >= 0.6 is 7.60 Å². The molecule has 0 aromatic rings. The third kappa shape index (κ3) is 4.20. The van der Waals surface area contributed by atoms with E-state index in [0.29, 0.717) is 24.8 Å². The fourth-order valence-corrected chi connectivity index (χ4v) is 10.2. The molecule has 40 heavy (non-hydrogen) atoms. The van der Waals surface area contributed by atoms with Crippen molar-refractivity contribution in [3.8, 4) is 0 Å². The number of allylic oxidation sites excluding steroid dienone is 4. The number of ether oxygens (including phenoxy) is 3. The zero-order chi connectivity index (χ0) is 29.4. The maximum atomic E-state index is 17.5. The summed E-state index contributed by atoms with van der Waals surface area (Å²) in [6.45, 7) is 10.8. The highest BCUT2D eigenvalue weighted by atomic mass is 31.2. The normalized spacial score (nSPS) is 44.4. The van der Waals surface area contributed by atoms with Gasteiger partial charge >= 0.3 is 7.60 Å². The Hall–Kier alpha value is -0.970. The molecule has 226 valence electrons. The molecule has 0 bridgehead atoms. The van der Waals surface area contributed by atoms with Crippen LogP contribution in [0.4, 0.5) is 4.39 Å². The Morgan fingerprint density at radius 3 is 2.50 bits per heavy atom. The molecule has 4 aliphatic carbocycles. The second kappa shape index (κ2) is 10.1. The Morgan fingerprint density at radius 1 is 1.18 bits per heavy atom. The lowest BCUT2D eigenvalue weighted by Gasteiger charge is -2.63. The van der Waals surface area contributed by atoms with E-state index in [1.54, 1.807) is 40.7 Å². The molecule has 1 heterocycles. The van der Waals surface area contributed by atoms with Crippen molar-refractivity contribution in [2.24, 2.45) is 22.7 Å². The molecule has 0 aromatic carbocycles. The maximum absolute atomic E-state index is 17.5. The predicted octanol–water partition coefficient (Wildman–Crippen LogP) is 4.46. The highest BCUT2D eigenvalue weighted by Gasteiger charge is 2.79. The van der Waals surface area contributed by atoms with Crippen LogP contribution in [-0.2, 0) is 32.6 Å². The number of rotatable bonds is 9. The van der Waals surface area contributed by atoms with E-state index in [0.717, 1.165) is 0 Å². The Balaban J connectivity index is 1.47. The highest BCUT2D eigenvalue weighted by Crippen LogP contribution is 2.72. The highest BCUT2D eigenvalue weighted by molar-refractivity contribution is 7.53. The minimum absolute atomic E-state index is 0.0265. The standard InChI is InChI=1S/C29H44FO9P/c1-7-36-40(34,37-8-2)17-35-16-23(33)29-24(38-25(3,4)39-29)14-21-20-10-9-18-13-19(31)11-12-26(18,5)28(20,30)22(32)15-27(21,29)6/h11-13,20-24,32-33H,7-10,14-17H2,1-6H3/t20-,21-,22-,23?,24+,26-,27-,28-,29+/m0/s1. The SMILES string of the molecule is CCOP(=O)(COCC(O)[C@@]12OC(C)(C)O[C@@H]1C[C@H]1[C@@H]3CCC4=CC(=O)C=C[C@]4(C)[C@@]3(F)[C@@H](O)C[C@@]12C)OCC. The van der Waals surface area contributed by atoms with Crippen molar-refractivity contribution in [2.45, 2.75) is 103 Å². The Morgan fingerprint density at radius 2 is 1.85 bits per heavy atom. The van der Waals surface area contributed by atoms with Crippen LogP contribution in [0.15, 0.2) is 23.8 Å². The summed E-state index contributed by atoms with van der Waals surface area (Å²) >= 11 is 0. The van der Waals surface area contributed by atoms with Gasteiger partial charge in [0, 0.05) is 16.7 Å². The molecular formula is C29H44FO9P. The fraction of sp³-hybridized carbons (Fsp3) is 0.828. The van der Waals surface area contributed by atoms with Crippen LogP contribution in [-0.4, -0.2) is 77.5 Å². The molecule has 2 N–H and O–H groups in total. The summed E-state index contributed by atoms with van der Waals surface area (Å²) in [5.41, 5.74) is -4.58. The van der Waals surface area contributed by atoms with Gasteiger partial charge in [0.2, 0.25) is 0 Å². The smallest absolute Gasteiger partial charge is 0.356 e. The van der Waals surface area contributed by atoms with Gasteiger partial charge in [-0.1, -0.05) is 18.6 Å². The number of fused-ring (bicyclic) bond motifs is 7.